The normalized spacial score (nSPS) is 12.8. The number of hydrogen-bond acceptors (Lipinski definition) is 4. The van der Waals surface area contributed by atoms with E-state index in [9.17, 15) is 10.2 Å². The van der Waals surface area contributed by atoms with Crippen LogP contribution in [0.3, 0.4) is 0 Å². The number of allylic oxidation sites excluding steroid dienone is 2. The van der Waals surface area contributed by atoms with Crippen molar-refractivity contribution in [3.8, 4) is 11.5 Å². The monoisotopic (exact) mass is 294 g/mol. The average molecular weight is 294 g/mol. The molecule has 112 valence electrons. The van der Waals surface area contributed by atoms with Gasteiger partial charge in [-0.3, -0.25) is 9.98 Å². The minimum absolute atomic E-state index is 0.189. The summed E-state index contributed by atoms with van der Waals surface area (Å²) in [5.41, 5.74) is 2.77. The lowest BCUT2D eigenvalue weighted by Gasteiger charge is -2.00. The Morgan fingerprint density at radius 3 is 1.45 bits per heavy atom. The van der Waals surface area contributed by atoms with Crippen LogP contribution >= 0.6 is 0 Å². The first-order chi connectivity index (χ1) is 10.6. The van der Waals surface area contributed by atoms with E-state index in [-0.39, 0.29) is 11.5 Å². The van der Waals surface area contributed by atoms with Crippen LogP contribution in [0.4, 0.5) is 0 Å². The molecule has 0 aliphatic heterocycles. The van der Waals surface area contributed by atoms with E-state index in [1.807, 2.05) is 26.0 Å². The van der Waals surface area contributed by atoms with E-state index in [4.69, 9.17) is 0 Å². The smallest absolute Gasteiger partial charge is 0.124 e. The maximum Gasteiger partial charge on any atom is 0.124 e. The highest BCUT2D eigenvalue weighted by Crippen LogP contribution is 2.16. The van der Waals surface area contributed by atoms with Gasteiger partial charge in [0.15, 0.2) is 0 Å². The SMILES string of the molecule is C/C(N=Cc1ccccc1O)=C(\C)N=Cc1ccccc1O. The van der Waals surface area contributed by atoms with E-state index < -0.39 is 0 Å². The molecule has 0 bridgehead atoms. The second-order valence-corrected chi connectivity index (χ2v) is 4.80. The third-order valence-corrected chi connectivity index (χ3v) is 3.19. The molecule has 0 spiro atoms. The number of phenolic OH excluding ortho intramolecular Hbond substituents is 2. The molecule has 4 heteroatoms. The van der Waals surface area contributed by atoms with Crippen LogP contribution in [0.1, 0.15) is 25.0 Å². The lowest BCUT2D eigenvalue weighted by Crippen LogP contribution is -1.86. The minimum atomic E-state index is 0.189. The molecule has 0 atom stereocenters. The van der Waals surface area contributed by atoms with Gasteiger partial charge in [0, 0.05) is 23.6 Å². The Labute approximate surface area is 129 Å². The van der Waals surface area contributed by atoms with Crippen LogP contribution in [0.15, 0.2) is 69.9 Å². The number of hydrogen-bond donors (Lipinski definition) is 2. The maximum atomic E-state index is 9.68. The van der Waals surface area contributed by atoms with Gasteiger partial charge >= 0.3 is 0 Å². The topological polar surface area (TPSA) is 65.2 Å². The first kappa shape index (κ1) is 15.5. The number of rotatable bonds is 4. The molecule has 0 aliphatic rings. The molecule has 0 amide bonds. The third-order valence-electron chi connectivity index (χ3n) is 3.19. The van der Waals surface area contributed by atoms with Crippen molar-refractivity contribution in [1.29, 1.82) is 0 Å². The number of aliphatic imine (C=N–C) groups is 2. The van der Waals surface area contributed by atoms with Gasteiger partial charge in [0.1, 0.15) is 11.5 Å². The summed E-state index contributed by atoms with van der Waals surface area (Å²) < 4.78 is 0. The molecule has 0 saturated carbocycles. The van der Waals surface area contributed by atoms with Crippen molar-refractivity contribution < 1.29 is 10.2 Å². The molecule has 4 nitrogen and oxygen atoms in total. The number of aromatic hydroxyl groups is 2. The average Bonchev–Trinajstić information content (AvgIpc) is 2.52. The molecule has 0 unspecified atom stereocenters. The summed E-state index contributed by atoms with van der Waals surface area (Å²) in [6, 6.07) is 14.0. The Morgan fingerprint density at radius 2 is 1.09 bits per heavy atom. The number of phenols is 2. The summed E-state index contributed by atoms with van der Waals surface area (Å²) >= 11 is 0. The van der Waals surface area contributed by atoms with E-state index in [0.717, 1.165) is 11.4 Å². The minimum Gasteiger partial charge on any atom is -0.507 e. The fourth-order valence-corrected chi connectivity index (χ4v) is 1.71. The fourth-order valence-electron chi connectivity index (χ4n) is 1.71. The molecular weight excluding hydrogens is 276 g/mol. The largest absolute Gasteiger partial charge is 0.507 e. The number of nitrogens with zero attached hydrogens (tertiary/aromatic N) is 2. The second-order valence-electron chi connectivity index (χ2n) is 4.80. The highest BCUT2D eigenvalue weighted by molar-refractivity contribution is 5.85. The van der Waals surface area contributed by atoms with Crippen LogP contribution in [0.5, 0.6) is 11.5 Å². The van der Waals surface area contributed by atoms with Gasteiger partial charge in [-0.2, -0.15) is 0 Å². The van der Waals surface area contributed by atoms with Crippen molar-refractivity contribution in [3.63, 3.8) is 0 Å². The van der Waals surface area contributed by atoms with E-state index in [1.165, 1.54) is 0 Å². The number of para-hydroxylation sites is 2. The highest BCUT2D eigenvalue weighted by atomic mass is 16.3. The first-order valence-electron chi connectivity index (χ1n) is 6.89. The zero-order valence-corrected chi connectivity index (χ0v) is 12.6. The molecule has 0 radical (unpaired) electrons. The molecule has 0 aliphatic carbocycles. The van der Waals surface area contributed by atoms with Crippen LogP contribution in [-0.4, -0.2) is 22.6 Å². The molecule has 0 saturated heterocycles. The van der Waals surface area contributed by atoms with Gasteiger partial charge in [-0.1, -0.05) is 24.3 Å². The van der Waals surface area contributed by atoms with E-state index in [2.05, 4.69) is 9.98 Å². The Balaban J connectivity index is 2.16. The van der Waals surface area contributed by atoms with Crippen molar-refractivity contribution >= 4 is 12.4 Å². The lowest BCUT2D eigenvalue weighted by atomic mass is 10.2. The molecule has 0 fully saturated rings. The molecule has 0 aromatic heterocycles. The van der Waals surface area contributed by atoms with E-state index in [1.54, 1.807) is 48.8 Å². The van der Waals surface area contributed by atoms with Gasteiger partial charge in [-0.05, 0) is 38.1 Å². The van der Waals surface area contributed by atoms with Crippen molar-refractivity contribution in [1.82, 2.24) is 0 Å². The van der Waals surface area contributed by atoms with Crippen molar-refractivity contribution in [2.24, 2.45) is 9.98 Å². The third kappa shape index (κ3) is 4.06. The Bertz CT molecular complexity index is 683. The van der Waals surface area contributed by atoms with Gasteiger partial charge in [0.25, 0.3) is 0 Å². The molecule has 2 aromatic rings. The molecule has 2 N–H and O–H groups in total. The predicted molar refractivity (Wildman–Crippen MR) is 89.8 cm³/mol. The second kappa shape index (κ2) is 7.22. The van der Waals surface area contributed by atoms with Gasteiger partial charge in [0.2, 0.25) is 0 Å². The number of benzene rings is 2. The van der Waals surface area contributed by atoms with Crippen LogP contribution in [0, 0.1) is 0 Å². The van der Waals surface area contributed by atoms with Crippen molar-refractivity contribution in [3.05, 3.63) is 71.1 Å². The van der Waals surface area contributed by atoms with E-state index >= 15 is 0 Å². The highest BCUT2D eigenvalue weighted by Gasteiger charge is 1.98. The summed E-state index contributed by atoms with van der Waals surface area (Å²) in [4.78, 5) is 8.62. The summed E-state index contributed by atoms with van der Waals surface area (Å²) in [7, 11) is 0. The standard InChI is InChI=1S/C18H18N2O2/c1-13(19-11-15-7-3-5-9-17(15)21)14(2)20-12-16-8-4-6-10-18(16)22/h3-12,21-22H,1-2H3/b14-13-,19-11?,20-12?. The predicted octanol–water partition coefficient (Wildman–Crippen LogP) is 3.89. The zero-order valence-electron chi connectivity index (χ0n) is 12.6. The fraction of sp³-hybridized carbons (Fsp3) is 0.111. The molecule has 2 rings (SSSR count). The Kier molecular flexibility index (Phi) is 5.09. The molecule has 2 aromatic carbocycles. The van der Waals surface area contributed by atoms with Crippen LogP contribution in [-0.2, 0) is 0 Å². The Hall–Kier alpha value is -2.88. The van der Waals surface area contributed by atoms with Crippen molar-refractivity contribution in [2.75, 3.05) is 0 Å². The quantitative estimate of drug-likeness (QED) is 0.840. The van der Waals surface area contributed by atoms with Crippen molar-refractivity contribution in [2.45, 2.75) is 13.8 Å². The summed E-state index contributed by atoms with van der Waals surface area (Å²) in [6.07, 6.45) is 3.20. The molecular formula is C18H18N2O2. The maximum absolute atomic E-state index is 9.68. The van der Waals surface area contributed by atoms with Gasteiger partial charge in [-0.15, -0.1) is 0 Å². The van der Waals surface area contributed by atoms with Gasteiger partial charge in [0.05, 0.1) is 11.4 Å². The van der Waals surface area contributed by atoms with Gasteiger partial charge < -0.3 is 10.2 Å². The van der Waals surface area contributed by atoms with Crippen LogP contribution in [0.25, 0.3) is 0 Å². The molecule has 22 heavy (non-hydrogen) atoms. The van der Waals surface area contributed by atoms with Gasteiger partial charge in [-0.25, -0.2) is 0 Å². The van der Waals surface area contributed by atoms with E-state index in [0.29, 0.717) is 11.1 Å². The Morgan fingerprint density at radius 1 is 0.727 bits per heavy atom. The zero-order chi connectivity index (χ0) is 15.9. The van der Waals surface area contributed by atoms with Crippen LogP contribution < -0.4 is 0 Å². The molecule has 0 heterocycles. The summed E-state index contributed by atoms with van der Waals surface area (Å²) in [5.74, 6) is 0.379. The lowest BCUT2D eigenvalue weighted by molar-refractivity contribution is 0.474. The first-order valence-corrected chi connectivity index (χ1v) is 6.89. The van der Waals surface area contributed by atoms with Crippen LogP contribution in [0.2, 0.25) is 0 Å². The summed E-state index contributed by atoms with van der Waals surface area (Å²) in [6.45, 7) is 3.68. The summed E-state index contributed by atoms with van der Waals surface area (Å²) in [5, 5.41) is 19.4.